The maximum absolute atomic E-state index is 6.20. The van der Waals surface area contributed by atoms with Gasteiger partial charge in [0.25, 0.3) is 0 Å². The Balaban J connectivity index is 2.22. The molecule has 5 heteroatoms. The highest BCUT2D eigenvalue weighted by atomic mass is 35.5. The van der Waals surface area contributed by atoms with Crippen molar-refractivity contribution < 1.29 is 4.74 Å². The molecule has 0 radical (unpaired) electrons. The number of nitrogens with one attached hydrogen (secondary N) is 1. The smallest absolute Gasteiger partial charge is 0.137 e. The fraction of sp³-hybridized carbons (Fsp3) is 0.714. The Labute approximate surface area is 119 Å². The highest BCUT2D eigenvalue weighted by molar-refractivity contribution is 6.30. The van der Waals surface area contributed by atoms with Crippen molar-refractivity contribution in [3.05, 3.63) is 16.5 Å². The molecular formula is C14H22ClN3O. The second-order valence-electron chi connectivity index (χ2n) is 5.50. The maximum Gasteiger partial charge on any atom is 0.137 e. The van der Waals surface area contributed by atoms with E-state index in [1.165, 1.54) is 0 Å². The quantitative estimate of drug-likeness (QED) is 0.861. The van der Waals surface area contributed by atoms with E-state index in [0.717, 1.165) is 49.5 Å². The molecule has 0 amide bonds. The minimum atomic E-state index is -0.0653. The van der Waals surface area contributed by atoms with E-state index in [2.05, 4.69) is 29.1 Å². The molecule has 4 nitrogen and oxygen atoms in total. The lowest BCUT2D eigenvalue weighted by Crippen LogP contribution is -2.43. The van der Waals surface area contributed by atoms with E-state index in [1.54, 1.807) is 0 Å². The van der Waals surface area contributed by atoms with Gasteiger partial charge in [-0.2, -0.15) is 0 Å². The first-order valence-corrected chi connectivity index (χ1v) is 7.31. The number of rotatable bonds is 4. The molecule has 106 valence electrons. The monoisotopic (exact) mass is 283 g/mol. The second kappa shape index (κ2) is 6.06. The van der Waals surface area contributed by atoms with Gasteiger partial charge in [0.1, 0.15) is 16.8 Å². The lowest BCUT2D eigenvalue weighted by molar-refractivity contribution is 0.0538. The summed E-state index contributed by atoms with van der Waals surface area (Å²) in [5.74, 6) is 1.65. The van der Waals surface area contributed by atoms with Crippen molar-refractivity contribution in [3.63, 3.8) is 0 Å². The van der Waals surface area contributed by atoms with E-state index in [-0.39, 0.29) is 5.54 Å². The Bertz CT molecular complexity index is 445. The minimum absolute atomic E-state index is 0.0653. The zero-order chi connectivity index (χ0) is 13.9. The third kappa shape index (κ3) is 3.57. The normalized spacial score (nSPS) is 23.4. The molecule has 1 atom stereocenters. The molecule has 2 rings (SSSR count). The molecule has 0 bridgehead atoms. The first-order valence-electron chi connectivity index (χ1n) is 6.93. The number of halogens is 1. The van der Waals surface area contributed by atoms with Crippen molar-refractivity contribution in [1.82, 2.24) is 9.97 Å². The largest absolute Gasteiger partial charge is 0.379 e. The number of anilines is 1. The predicted molar refractivity (Wildman–Crippen MR) is 77.9 cm³/mol. The number of nitrogens with zero attached hydrogens (tertiary/aromatic N) is 2. The van der Waals surface area contributed by atoms with Crippen LogP contribution in [0.3, 0.4) is 0 Å². The fourth-order valence-electron chi connectivity index (χ4n) is 2.31. The van der Waals surface area contributed by atoms with Crippen LogP contribution in [0, 0.1) is 6.92 Å². The van der Waals surface area contributed by atoms with Crippen molar-refractivity contribution in [1.29, 1.82) is 0 Å². The molecule has 1 unspecified atom stereocenters. The zero-order valence-corrected chi connectivity index (χ0v) is 12.7. The number of aryl methyl sites for hydroxylation is 1. The van der Waals surface area contributed by atoms with Crippen LogP contribution in [0.25, 0.3) is 0 Å². The SMILES string of the molecule is CCCc1nc(Cl)c(C)c(NC2(C)CCCOC2)n1. The van der Waals surface area contributed by atoms with E-state index >= 15 is 0 Å². The average Bonchev–Trinajstić information content (AvgIpc) is 2.36. The summed E-state index contributed by atoms with van der Waals surface area (Å²) in [6.45, 7) is 7.79. The van der Waals surface area contributed by atoms with E-state index in [0.29, 0.717) is 11.8 Å². The fourth-order valence-corrected chi connectivity index (χ4v) is 2.50. The van der Waals surface area contributed by atoms with Crippen molar-refractivity contribution in [3.8, 4) is 0 Å². The van der Waals surface area contributed by atoms with Gasteiger partial charge in [0.15, 0.2) is 0 Å². The first kappa shape index (κ1) is 14.5. The molecule has 1 aromatic rings. The van der Waals surface area contributed by atoms with Crippen LogP contribution in [-0.4, -0.2) is 28.7 Å². The van der Waals surface area contributed by atoms with Gasteiger partial charge in [0.05, 0.1) is 12.1 Å². The van der Waals surface area contributed by atoms with E-state index in [1.807, 2.05) is 6.92 Å². The second-order valence-corrected chi connectivity index (χ2v) is 5.85. The van der Waals surface area contributed by atoms with Gasteiger partial charge >= 0.3 is 0 Å². The van der Waals surface area contributed by atoms with Gasteiger partial charge < -0.3 is 10.1 Å². The van der Waals surface area contributed by atoms with Crippen LogP contribution in [0.4, 0.5) is 5.82 Å². The zero-order valence-electron chi connectivity index (χ0n) is 11.9. The van der Waals surface area contributed by atoms with Crippen LogP contribution in [0.1, 0.15) is 44.5 Å². The molecule has 0 spiro atoms. The Kier molecular flexibility index (Phi) is 4.63. The van der Waals surface area contributed by atoms with Gasteiger partial charge in [-0.25, -0.2) is 9.97 Å². The molecule has 1 saturated heterocycles. The van der Waals surface area contributed by atoms with E-state index in [9.17, 15) is 0 Å². The number of hydrogen-bond donors (Lipinski definition) is 1. The Morgan fingerprint density at radius 1 is 1.42 bits per heavy atom. The van der Waals surface area contributed by atoms with E-state index < -0.39 is 0 Å². The number of ether oxygens (including phenoxy) is 1. The Hall–Kier alpha value is -0.870. The highest BCUT2D eigenvalue weighted by Gasteiger charge is 2.28. The van der Waals surface area contributed by atoms with Crippen LogP contribution in [0.5, 0.6) is 0 Å². The van der Waals surface area contributed by atoms with Gasteiger partial charge in [-0.3, -0.25) is 0 Å². The summed E-state index contributed by atoms with van der Waals surface area (Å²) in [5.41, 5.74) is 0.845. The molecule has 1 aromatic heterocycles. The molecular weight excluding hydrogens is 262 g/mol. The maximum atomic E-state index is 6.20. The molecule has 1 fully saturated rings. The summed E-state index contributed by atoms with van der Waals surface area (Å²) in [6.07, 6.45) is 4.02. The predicted octanol–water partition coefficient (Wildman–Crippen LogP) is 3.37. The van der Waals surface area contributed by atoms with Gasteiger partial charge in [-0.1, -0.05) is 18.5 Å². The van der Waals surface area contributed by atoms with Gasteiger partial charge in [0, 0.05) is 18.6 Å². The van der Waals surface area contributed by atoms with Crippen molar-refractivity contribution in [2.24, 2.45) is 0 Å². The van der Waals surface area contributed by atoms with Crippen molar-refractivity contribution in [2.45, 2.75) is 52.0 Å². The summed E-state index contributed by atoms with van der Waals surface area (Å²) in [4.78, 5) is 8.92. The van der Waals surface area contributed by atoms with Gasteiger partial charge in [-0.05, 0) is 33.1 Å². The minimum Gasteiger partial charge on any atom is -0.379 e. The standard InChI is InChI=1S/C14H22ClN3O/c1-4-6-11-16-12(15)10(2)13(17-11)18-14(3)7-5-8-19-9-14/h4-9H2,1-3H3,(H,16,17,18). The molecule has 1 N–H and O–H groups in total. The number of aromatic nitrogens is 2. The summed E-state index contributed by atoms with van der Waals surface area (Å²) in [6, 6.07) is 0. The Morgan fingerprint density at radius 2 is 2.21 bits per heavy atom. The van der Waals surface area contributed by atoms with Crippen LogP contribution in [0.2, 0.25) is 5.15 Å². The molecule has 2 heterocycles. The Morgan fingerprint density at radius 3 is 2.84 bits per heavy atom. The van der Waals surface area contributed by atoms with Crippen molar-refractivity contribution >= 4 is 17.4 Å². The molecule has 0 aliphatic carbocycles. The molecule has 19 heavy (non-hydrogen) atoms. The van der Waals surface area contributed by atoms with Crippen LogP contribution >= 0.6 is 11.6 Å². The molecule has 1 aliphatic heterocycles. The van der Waals surface area contributed by atoms with E-state index in [4.69, 9.17) is 16.3 Å². The first-order chi connectivity index (χ1) is 9.04. The molecule has 0 aromatic carbocycles. The summed E-state index contributed by atoms with van der Waals surface area (Å²) in [7, 11) is 0. The molecule has 1 aliphatic rings. The topological polar surface area (TPSA) is 47.0 Å². The van der Waals surface area contributed by atoms with Crippen LogP contribution < -0.4 is 5.32 Å². The van der Waals surface area contributed by atoms with Gasteiger partial charge in [0.2, 0.25) is 0 Å². The van der Waals surface area contributed by atoms with Gasteiger partial charge in [-0.15, -0.1) is 0 Å². The summed E-state index contributed by atoms with van der Waals surface area (Å²) < 4.78 is 5.57. The summed E-state index contributed by atoms with van der Waals surface area (Å²) in [5, 5.41) is 4.05. The third-order valence-electron chi connectivity index (χ3n) is 3.46. The average molecular weight is 284 g/mol. The highest BCUT2D eigenvalue weighted by Crippen LogP contribution is 2.27. The lowest BCUT2D eigenvalue weighted by atomic mass is 9.95. The number of hydrogen-bond acceptors (Lipinski definition) is 4. The third-order valence-corrected chi connectivity index (χ3v) is 3.83. The lowest BCUT2D eigenvalue weighted by Gasteiger charge is -2.35. The van der Waals surface area contributed by atoms with Crippen molar-refractivity contribution in [2.75, 3.05) is 18.5 Å². The van der Waals surface area contributed by atoms with Crippen LogP contribution in [0.15, 0.2) is 0 Å². The van der Waals surface area contributed by atoms with Crippen LogP contribution in [-0.2, 0) is 11.2 Å². The molecule has 0 saturated carbocycles. The summed E-state index contributed by atoms with van der Waals surface area (Å²) >= 11 is 6.20.